The number of nitrogens with zero attached hydrogens (tertiary/aromatic N) is 4. The number of allylic oxidation sites excluding steroid dienone is 2. The minimum Gasteiger partial charge on any atom is -0.509 e. The maximum atomic E-state index is 6.72. The largest absolute Gasteiger partial charge is 0.509 e. The van der Waals surface area contributed by atoms with Gasteiger partial charge in [0, 0.05) is 77.6 Å². The van der Waals surface area contributed by atoms with Crippen LogP contribution in [0.25, 0.3) is 38.8 Å². The van der Waals surface area contributed by atoms with Gasteiger partial charge in [0.05, 0.1) is 0 Å². The first-order valence-electron chi connectivity index (χ1n) is 22.5. The van der Waals surface area contributed by atoms with Gasteiger partial charge in [0.15, 0.2) is 0 Å². The molecule has 0 aliphatic carbocycles. The van der Waals surface area contributed by atoms with Gasteiger partial charge in [0.2, 0.25) is 0 Å². The molecule has 0 unspecified atom stereocenters. The predicted octanol–water partition coefficient (Wildman–Crippen LogP) is 15.6. The van der Waals surface area contributed by atoms with Crippen molar-refractivity contribution in [3.63, 3.8) is 0 Å². The van der Waals surface area contributed by atoms with Crippen LogP contribution < -0.4 is 14.5 Å². The van der Waals surface area contributed by atoms with Gasteiger partial charge in [-0.1, -0.05) is 167 Å². The Bertz CT molecular complexity index is 3030. The molecule has 65 heavy (non-hydrogen) atoms. The molecule has 0 radical (unpaired) electrons. The molecular formula is C59H59N4OPt-3. The first-order chi connectivity index (χ1) is 30.4. The molecule has 0 fully saturated rings. The maximum absolute atomic E-state index is 6.72. The average Bonchev–Trinajstić information content (AvgIpc) is 3.85. The third-order valence-electron chi connectivity index (χ3n) is 12.5. The van der Waals surface area contributed by atoms with E-state index < -0.39 is 0 Å². The summed E-state index contributed by atoms with van der Waals surface area (Å²) in [6.45, 7) is 27.5. The number of ether oxygens (including phenoxy) is 1. The number of aromatic nitrogens is 2. The van der Waals surface area contributed by atoms with Gasteiger partial charge in [-0.25, -0.2) is 4.98 Å². The molecule has 334 valence electrons. The first kappa shape index (κ1) is 45.7. The van der Waals surface area contributed by atoms with E-state index in [2.05, 4.69) is 243 Å². The van der Waals surface area contributed by atoms with E-state index in [0.29, 0.717) is 11.5 Å². The van der Waals surface area contributed by atoms with Crippen LogP contribution in [0.5, 0.6) is 11.5 Å². The molecule has 6 aromatic carbocycles. The van der Waals surface area contributed by atoms with E-state index in [4.69, 9.17) is 9.72 Å². The molecule has 8 aromatic rings. The van der Waals surface area contributed by atoms with Crippen LogP contribution in [0.15, 0.2) is 163 Å². The van der Waals surface area contributed by atoms with Gasteiger partial charge in [-0.2, -0.15) is 12.1 Å². The van der Waals surface area contributed by atoms with E-state index >= 15 is 0 Å². The summed E-state index contributed by atoms with van der Waals surface area (Å²) in [5.41, 5.74) is 11.8. The fourth-order valence-corrected chi connectivity index (χ4v) is 9.13. The summed E-state index contributed by atoms with van der Waals surface area (Å²) in [6, 6.07) is 59.1. The van der Waals surface area contributed by atoms with Gasteiger partial charge < -0.3 is 19.1 Å². The molecule has 0 N–H and O–H groups in total. The Morgan fingerprint density at radius 2 is 1.15 bits per heavy atom. The molecule has 6 heteroatoms. The van der Waals surface area contributed by atoms with Crippen LogP contribution in [0.3, 0.4) is 0 Å². The summed E-state index contributed by atoms with van der Waals surface area (Å²) in [5, 5.41) is 2.24. The van der Waals surface area contributed by atoms with Gasteiger partial charge >= 0.3 is 0 Å². The molecular weight excluding hydrogens is 976 g/mol. The Morgan fingerprint density at radius 3 is 1.85 bits per heavy atom. The first-order valence-corrected chi connectivity index (χ1v) is 22.5. The summed E-state index contributed by atoms with van der Waals surface area (Å²) in [7, 11) is 0. The van der Waals surface area contributed by atoms with E-state index in [0.717, 1.165) is 39.0 Å². The molecule has 0 bridgehead atoms. The van der Waals surface area contributed by atoms with Crippen LogP contribution in [0.4, 0.5) is 11.4 Å². The second-order valence-corrected chi connectivity index (χ2v) is 20.8. The third-order valence-corrected chi connectivity index (χ3v) is 12.5. The Balaban J connectivity index is 0.00000576. The van der Waals surface area contributed by atoms with Gasteiger partial charge in [-0.15, -0.1) is 48.1 Å². The molecule has 5 nitrogen and oxygen atoms in total. The van der Waals surface area contributed by atoms with Crippen LogP contribution in [-0.4, -0.2) is 9.55 Å². The normalized spacial score (nSPS) is 13.8. The second kappa shape index (κ2) is 17.1. The Labute approximate surface area is 401 Å². The van der Waals surface area contributed by atoms with Crippen LogP contribution in [-0.2, 0) is 31.9 Å². The molecule has 0 saturated carbocycles. The standard InChI is InChI=1S/C59H59N4O.Pt/c1-56(2,3)43-31-32-60-53(36-43)63-51-28-19-18-27-49(51)50-30-29-48(38-52(50)63)64-47-26-20-25-45(37-47)61-39-62(55(58(7,8)9)54(61)57(4,5)6)46-34-41(40-21-14-12-15-22-40)33-44(35-46)59(10,11)42-23-16-13-17-24-42;/h12-36,39H,1-11H3;/q-3;. The Morgan fingerprint density at radius 1 is 0.508 bits per heavy atom. The SMILES string of the molecule is CC(C)(C)C1=C(C(C)(C)C)N(c2cc(-c3ccccc3)cc(C(C)(C)c3ccccc3)c2)[CH-]N1c1[c-]c(Oc2[c-]c3c(cc2)c2ccccc2n3-c2cc(C(C)(C)C)ccn2)ccc1.[Pt]. The van der Waals surface area contributed by atoms with Crippen LogP contribution in [0.1, 0.15) is 92.9 Å². The summed E-state index contributed by atoms with van der Waals surface area (Å²) in [4.78, 5) is 9.61. The van der Waals surface area contributed by atoms with Crippen molar-refractivity contribution >= 4 is 33.2 Å². The van der Waals surface area contributed by atoms with Gasteiger partial charge in [0.1, 0.15) is 5.82 Å². The Kier molecular flexibility index (Phi) is 12.0. The summed E-state index contributed by atoms with van der Waals surface area (Å²) in [5.74, 6) is 2.08. The number of para-hydroxylation sites is 1. The number of benzene rings is 6. The summed E-state index contributed by atoms with van der Waals surface area (Å²) < 4.78 is 8.93. The molecule has 1 aliphatic rings. The van der Waals surface area contributed by atoms with Crippen molar-refractivity contribution < 1.29 is 25.8 Å². The summed E-state index contributed by atoms with van der Waals surface area (Å²) >= 11 is 0. The van der Waals surface area contributed by atoms with Gasteiger partial charge in [-0.3, -0.25) is 0 Å². The molecule has 1 aliphatic heterocycles. The van der Waals surface area contributed by atoms with Gasteiger partial charge in [-0.05, 0) is 69.0 Å². The van der Waals surface area contributed by atoms with E-state index in [1.165, 1.54) is 39.2 Å². The average molecular weight is 1040 g/mol. The zero-order chi connectivity index (χ0) is 45.2. The fraction of sp³-hybridized carbons (Fsp3) is 0.254. The van der Waals surface area contributed by atoms with Crippen LogP contribution >= 0.6 is 0 Å². The zero-order valence-corrected chi connectivity index (χ0v) is 41.8. The fourth-order valence-electron chi connectivity index (χ4n) is 9.13. The molecule has 0 atom stereocenters. The van der Waals surface area contributed by atoms with Crippen molar-refractivity contribution in [2.75, 3.05) is 9.80 Å². The Hall–Kier alpha value is -5.90. The molecule has 0 saturated heterocycles. The number of hydrogen-bond donors (Lipinski definition) is 0. The molecule has 3 heterocycles. The predicted molar refractivity (Wildman–Crippen MR) is 267 cm³/mol. The molecule has 2 aromatic heterocycles. The number of rotatable bonds is 8. The van der Waals surface area contributed by atoms with E-state index in [-0.39, 0.29) is 42.7 Å². The van der Waals surface area contributed by atoms with Crippen molar-refractivity contribution in [2.24, 2.45) is 10.8 Å². The minimum atomic E-state index is -0.250. The van der Waals surface area contributed by atoms with E-state index in [9.17, 15) is 0 Å². The second-order valence-electron chi connectivity index (χ2n) is 20.8. The van der Waals surface area contributed by atoms with Gasteiger partial charge in [0.25, 0.3) is 0 Å². The smallest absolute Gasteiger partial charge is 0.135 e. The molecule has 0 spiro atoms. The van der Waals surface area contributed by atoms with Crippen molar-refractivity contribution in [1.82, 2.24) is 9.55 Å². The van der Waals surface area contributed by atoms with E-state index in [1.54, 1.807) is 0 Å². The topological polar surface area (TPSA) is 33.5 Å². The van der Waals surface area contributed by atoms with E-state index in [1.807, 2.05) is 18.3 Å². The summed E-state index contributed by atoms with van der Waals surface area (Å²) in [6.07, 6.45) is 1.91. The molecule has 9 rings (SSSR count). The van der Waals surface area contributed by atoms with Crippen molar-refractivity contribution in [2.45, 2.75) is 87.0 Å². The number of fused-ring (bicyclic) bond motifs is 3. The van der Waals surface area contributed by atoms with Crippen molar-refractivity contribution in [3.8, 4) is 28.4 Å². The molecule has 0 amide bonds. The monoisotopic (exact) mass is 1030 g/mol. The number of anilines is 2. The number of pyridine rings is 1. The van der Waals surface area contributed by atoms with Crippen LogP contribution in [0, 0.1) is 29.6 Å². The van der Waals surface area contributed by atoms with Crippen molar-refractivity contribution in [1.29, 1.82) is 0 Å². The maximum Gasteiger partial charge on any atom is 0.135 e. The number of hydrogen-bond acceptors (Lipinski definition) is 4. The minimum absolute atomic E-state index is 0. The van der Waals surface area contributed by atoms with Crippen molar-refractivity contribution in [3.05, 3.63) is 199 Å². The zero-order valence-electron chi connectivity index (χ0n) is 39.5. The quantitative estimate of drug-likeness (QED) is 0.142. The van der Waals surface area contributed by atoms with Crippen LogP contribution in [0.2, 0.25) is 0 Å². The third kappa shape index (κ3) is 8.81.